The van der Waals surface area contributed by atoms with Crippen LogP contribution in [0.2, 0.25) is 0 Å². The van der Waals surface area contributed by atoms with E-state index in [1.165, 1.54) is 10.4 Å². The van der Waals surface area contributed by atoms with Gasteiger partial charge >= 0.3 is 0 Å². The van der Waals surface area contributed by atoms with E-state index >= 15 is 0 Å². The number of nitrogens with one attached hydrogen (secondary N) is 2. The van der Waals surface area contributed by atoms with Crippen LogP contribution in [0.3, 0.4) is 0 Å². The Kier molecular flexibility index (Phi) is 6.29. The normalized spacial score (nSPS) is 12.7. The molecule has 0 saturated carbocycles. The number of aromatic nitrogens is 2. The van der Waals surface area contributed by atoms with Crippen LogP contribution in [0.15, 0.2) is 23.0 Å². The summed E-state index contributed by atoms with van der Waals surface area (Å²) >= 11 is 3.21. The molecule has 0 spiro atoms. The van der Waals surface area contributed by atoms with Gasteiger partial charge in [-0.05, 0) is 24.8 Å². The van der Waals surface area contributed by atoms with Gasteiger partial charge in [-0.15, -0.1) is 11.3 Å². The van der Waals surface area contributed by atoms with Gasteiger partial charge in [0.05, 0.1) is 25.4 Å². The van der Waals surface area contributed by atoms with Crippen LogP contribution in [0.4, 0.5) is 5.69 Å². The summed E-state index contributed by atoms with van der Waals surface area (Å²) in [5.74, 6) is 2.98. The molecule has 0 fully saturated rings. The number of hydrogen-bond acceptors (Lipinski definition) is 7. The minimum absolute atomic E-state index is 0.0419. The maximum Gasteiger partial charge on any atom is 0.259 e. The Hall–Kier alpha value is -2.52. The van der Waals surface area contributed by atoms with Crippen molar-refractivity contribution < 1.29 is 14.3 Å². The molecule has 0 aliphatic heterocycles. The van der Waals surface area contributed by atoms with Crippen LogP contribution in [0.5, 0.6) is 11.5 Å². The number of methoxy groups -OCH3 is 2. The molecule has 30 heavy (non-hydrogen) atoms. The summed E-state index contributed by atoms with van der Waals surface area (Å²) in [6, 6.07) is 5.24. The van der Waals surface area contributed by atoms with Crippen molar-refractivity contribution in [3.63, 3.8) is 0 Å². The zero-order valence-electron chi connectivity index (χ0n) is 16.9. The molecule has 4 rings (SSSR count). The van der Waals surface area contributed by atoms with Crippen molar-refractivity contribution in [2.75, 3.05) is 25.3 Å². The molecule has 3 aromatic rings. The maximum atomic E-state index is 12.5. The van der Waals surface area contributed by atoms with Crippen LogP contribution in [-0.2, 0) is 23.4 Å². The molecule has 7 nitrogen and oxygen atoms in total. The number of fused-ring (bicyclic) bond motifs is 3. The van der Waals surface area contributed by atoms with Gasteiger partial charge in [-0.3, -0.25) is 9.59 Å². The summed E-state index contributed by atoms with van der Waals surface area (Å²) in [5, 5.41) is 3.63. The Morgan fingerprint density at radius 1 is 1.23 bits per heavy atom. The van der Waals surface area contributed by atoms with Gasteiger partial charge in [0, 0.05) is 40.9 Å². The molecule has 2 N–H and O–H groups in total. The summed E-state index contributed by atoms with van der Waals surface area (Å²) in [6.07, 6.45) is 3.50. The molecule has 0 unspecified atom stereocenters. The zero-order chi connectivity index (χ0) is 21.1. The fourth-order valence-electron chi connectivity index (χ4n) is 3.55. The third kappa shape index (κ3) is 4.46. The average Bonchev–Trinajstić information content (AvgIpc) is 3.31. The second-order valence-corrected chi connectivity index (χ2v) is 9.19. The van der Waals surface area contributed by atoms with Gasteiger partial charge in [0.2, 0.25) is 5.91 Å². The number of amides is 1. The highest BCUT2D eigenvalue weighted by Crippen LogP contribution is 2.34. The van der Waals surface area contributed by atoms with Crippen molar-refractivity contribution in [3.8, 4) is 11.5 Å². The Morgan fingerprint density at radius 3 is 2.73 bits per heavy atom. The van der Waals surface area contributed by atoms with Crippen molar-refractivity contribution >= 4 is 44.9 Å². The number of aromatic amines is 1. The Labute approximate surface area is 182 Å². The van der Waals surface area contributed by atoms with E-state index in [0.717, 1.165) is 29.5 Å². The monoisotopic (exact) mass is 445 g/mol. The molecule has 2 heterocycles. The van der Waals surface area contributed by atoms with Gasteiger partial charge < -0.3 is 19.8 Å². The lowest BCUT2D eigenvalue weighted by molar-refractivity contribution is -0.115. The van der Waals surface area contributed by atoms with E-state index in [1.807, 2.05) is 0 Å². The first kappa shape index (κ1) is 20.7. The Bertz CT molecular complexity index is 1120. The van der Waals surface area contributed by atoms with Gasteiger partial charge in [-0.1, -0.05) is 0 Å². The number of benzene rings is 1. The lowest BCUT2D eigenvalue weighted by Crippen LogP contribution is -2.13. The highest BCUT2D eigenvalue weighted by atomic mass is 32.2. The second kappa shape index (κ2) is 9.09. The molecular weight excluding hydrogens is 422 g/mol. The van der Waals surface area contributed by atoms with E-state index in [4.69, 9.17) is 9.47 Å². The fraction of sp³-hybridized carbons (Fsp3) is 0.381. The van der Waals surface area contributed by atoms with Crippen LogP contribution in [0.1, 0.15) is 29.1 Å². The van der Waals surface area contributed by atoms with Gasteiger partial charge in [-0.2, -0.15) is 11.8 Å². The number of thioether (sulfide) groups is 1. The van der Waals surface area contributed by atoms with Gasteiger partial charge in [0.15, 0.2) is 0 Å². The molecule has 0 radical (unpaired) electrons. The van der Waals surface area contributed by atoms with E-state index in [9.17, 15) is 9.59 Å². The van der Waals surface area contributed by atoms with Crippen molar-refractivity contribution in [1.82, 2.24) is 9.97 Å². The highest BCUT2D eigenvalue weighted by Gasteiger charge is 2.21. The van der Waals surface area contributed by atoms with Crippen molar-refractivity contribution in [1.29, 1.82) is 0 Å². The van der Waals surface area contributed by atoms with Crippen LogP contribution in [-0.4, -0.2) is 35.8 Å². The number of nitrogens with zero attached hydrogens (tertiary/aromatic N) is 1. The molecular formula is C21H23N3O4S2. The first-order valence-electron chi connectivity index (χ1n) is 9.71. The zero-order valence-corrected chi connectivity index (χ0v) is 18.5. The first-order valence-corrected chi connectivity index (χ1v) is 11.7. The summed E-state index contributed by atoms with van der Waals surface area (Å²) in [7, 11) is 3.13. The SMILES string of the molecule is COc1cc(NC(=O)CCSCc2nc3sc4c(c3c(=O)[nH]2)CCC4)cc(OC)c1. The average molecular weight is 446 g/mol. The number of carbonyl (C=O) groups excluding carboxylic acids is 1. The lowest BCUT2D eigenvalue weighted by Gasteiger charge is -2.10. The molecule has 1 aromatic carbocycles. The Morgan fingerprint density at radius 2 is 2.00 bits per heavy atom. The number of rotatable bonds is 8. The molecule has 1 amide bonds. The standard InChI is InChI=1S/C21H23N3O4S2/c1-27-13-8-12(9-14(10-13)28-2)22-18(25)6-7-29-11-17-23-20(26)19-15-4-3-5-16(15)30-21(19)24-17/h8-10H,3-7,11H2,1-2H3,(H,22,25)(H,23,24,26). The number of ether oxygens (including phenoxy) is 2. The third-order valence-corrected chi connectivity index (χ3v) is 7.13. The molecule has 0 saturated heterocycles. The molecule has 0 atom stereocenters. The largest absolute Gasteiger partial charge is 0.497 e. The van der Waals surface area contributed by atoms with Gasteiger partial charge in [0.1, 0.15) is 22.2 Å². The Balaban J connectivity index is 1.31. The highest BCUT2D eigenvalue weighted by molar-refractivity contribution is 7.98. The van der Waals surface area contributed by atoms with E-state index in [0.29, 0.717) is 40.9 Å². The second-order valence-electron chi connectivity index (χ2n) is 7.00. The maximum absolute atomic E-state index is 12.5. The minimum Gasteiger partial charge on any atom is -0.497 e. The number of hydrogen-bond donors (Lipinski definition) is 2. The van der Waals surface area contributed by atoms with Crippen LogP contribution in [0.25, 0.3) is 10.2 Å². The number of aryl methyl sites for hydroxylation is 2. The van der Waals surface area contributed by atoms with Crippen molar-refractivity contribution in [2.45, 2.75) is 31.4 Å². The number of anilines is 1. The molecule has 1 aliphatic carbocycles. The van der Waals surface area contributed by atoms with E-state index in [-0.39, 0.29) is 11.5 Å². The molecule has 158 valence electrons. The first-order chi connectivity index (χ1) is 14.6. The predicted molar refractivity (Wildman–Crippen MR) is 121 cm³/mol. The van der Waals surface area contributed by atoms with Crippen LogP contribution < -0.4 is 20.3 Å². The number of thiophene rings is 1. The van der Waals surface area contributed by atoms with E-state index in [1.54, 1.807) is 55.5 Å². The van der Waals surface area contributed by atoms with E-state index in [2.05, 4.69) is 15.3 Å². The van der Waals surface area contributed by atoms with Gasteiger partial charge in [0.25, 0.3) is 5.56 Å². The predicted octanol–water partition coefficient (Wildman–Crippen LogP) is 3.75. The number of H-pyrrole nitrogens is 1. The lowest BCUT2D eigenvalue weighted by atomic mass is 10.2. The topological polar surface area (TPSA) is 93.3 Å². The fourth-order valence-corrected chi connectivity index (χ4v) is 5.64. The van der Waals surface area contributed by atoms with Crippen molar-refractivity contribution in [3.05, 3.63) is 44.8 Å². The minimum atomic E-state index is -0.0932. The van der Waals surface area contributed by atoms with Crippen molar-refractivity contribution in [2.24, 2.45) is 0 Å². The summed E-state index contributed by atoms with van der Waals surface area (Å²) in [6.45, 7) is 0. The number of carbonyl (C=O) groups is 1. The summed E-state index contributed by atoms with van der Waals surface area (Å²) < 4.78 is 10.4. The van der Waals surface area contributed by atoms with Crippen LogP contribution in [0, 0.1) is 0 Å². The third-order valence-electron chi connectivity index (χ3n) is 4.97. The molecule has 0 bridgehead atoms. The van der Waals surface area contributed by atoms with Crippen LogP contribution >= 0.6 is 23.1 Å². The summed E-state index contributed by atoms with van der Waals surface area (Å²) in [5.41, 5.74) is 1.77. The quantitative estimate of drug-likeness (QED) is 0.513. The molecule has 9 heteroatoms. The molecule has 2 aromatic heterocycles. The summed E-state index contributed by atoms with van der Waals surface area (Å²) in [4.78, 5) is 34.4. The van der Waals surface area contributed by atoms with Gasteiger partial charge in [-0.25, -0.2) is 4.98 Å². The smallest absolute Gasteiger partial charge is 0.259 e. The molecule has 1 aliphatic rings. The van der Waals surface area contributed by atoms with E-state index < -0.39 is 0 Å².